The molecule has 0 saturated carbocycles. The normalized spacial score (nSPS) is 12.3. The molecule has 0 aliphatic heterocycles. The van der Waals surface area contributed by atoms with Gasteiger partial charge in [-0.05, 0) is 38.0 Å². The molecular weight excluding hydrogens is 403 g/mol. The van der Waals surface area contributed by atoms with Crippen LogP contribution in [0.25, 0.3) is 0 Å². The number of anilines is 1. The molecule has 0 fully saturated rings. The number of halogens is 1. The van der Waals surface area contributed by atoms with Crippen LogP contribution in [-0.2, 0) is 11.3 Å². The second-order valence-electron chi connectivity index (χ2n) is 5.72. The number of carbonyl (C=O) groups is 1. The molecule has 1 amide bonds. The van der Waals surface area contributed by atoms with E-state index in [1.807, 2.05) is 38.1 Å². The third-order valence-electron chi connectivity index (χ3n) is 3.36. The molecule has 1 aromatic carbocycles. The highest BCUT2D eigenvalue weighted by Crippen LogP contribution is 2.13. The highest BCUT2D eigenvalue weighted by Gasteiger charge is 2.10. The number of nitrogens with one attached hydrogen (secondary N) is 3. The Labute approximate surface area is 156 Å². The van der Waals surface area contributed by atoms with Gasteiger partial charge in [0.25, 0.3) is 0 Å². The molecule has 6 heteroatoms. The number of amides is 1. The molecule has 5 nitrogen and oxygen atoms in total. The minimum absolute atomic E-state index is 0. The second-order valence-corrected chi connectivity index (χ2v) is 5.72. The summed E-state index contributed by atoms with van der Waals surface area (Å²) in [5.41, 5.74) is 1.92. The van der Waals surface area contributed by atoms with Gasteiger partial charge in [-0.1, -0.05) is 26.0 Å². The van der Waals surface area contributed by atoms with Crippen molar-refractivity contribution in [2.45, 2.75) is 46.7 Å². The van der Waals surface area contributed by atoms with Gasteiger partial charge in [-0.25, -0.2) is 0 Å². The van der Waals surface area contributed by atoms with Crippen molar-refractivity contribution in [3.8, 4) is 0 Å². The summed E-state index contributed by atoms with van der Waals surface area (Å²) in [6, 6.07) is 8.18. The Kier molecular flexibility index (Phi) is 10.6. The van der Waals surface area contributed by atoms with E-state index in [0.29, 0.717) is 12.6 Å². The summed E-state index contributed by atoms with van der Waals surface area (Å²) in [6.45, 7) is 8.73. The van der Waals surface area contributed by atoms with Crippen LogP contribution in [0.15, 0.2) is 29.3 Å². The summed E-state index contributed by atoms with van der Waals surface area (Å²) < 4.78 is 0. The fourth-order valence-corrected chi connectivity index (χ4v) is 1.86. The average Bonchev–Trinajstić information content (AvgIpc) is 2.50. The Morgan fingerprint density at radius 3 is 2.52 bits per heavy atom. The van der Waals surface area contributed by atoms with Crippen LogP contribution in [0.1, 0.15) is 39.7 Å². The molecule has 0 spiro atoms. The molecule has 0 aromatic heterocycles. The minimum atomic E-state index is 0. The lowest BCUT2D eigenvalue weighted by atomic mass is 10.1. The SMILES string of the molecule is CCC(C)C(=O)Nc1cccc(CNC(=NC)NC(C)C)c1.I. The number of carbonyl (C=O) groups excluding carboxylic acids is 1. The van der Waals surface area contributed by atoms with E-state index < -0.39 is 0 Å². The van der Waals surface area contributed by atoms with Gasteiger partial charge in [0, 0.05) is 31.2 Å². The number of aliphatic imine (C=N–C) groups is 1. The number of hydrogen-bond donors (Lipinski definition) is 3. The lowest BCUT2D eigenvalue weighted by Gasteiger charge is -2.15. The average molecular weight is 432 g/mol. The van der Waals surface area contributed by atoms with Crippen molar-refractivity contribution in [3.05, 3.63) is 29.8 Å². The first-order valence-corrected chi connectivity index (χ1v) is 7.83. The zero-order valence-electron chi connectivity index (χ0n) is 14.6. The molecular formula is C17H29IN4O. The predicted octanol–water partition coefficient (Wildman–Crippen LogP) is 3.36. The van der Waals surface area contributed by atoms with Gasteiger partial charge >= 0.3 is 0 Å². The topological polar surface area (TPSA) is 65.5 Å². The van der Waals surface area contributed by atoms with Crippen LogP contribution in [-0.4, -0.2) is 25.0 Å². The monoisotopic (exact) mass is 432 g/mol. The number of rotatable bonds is 6. The highest BCUT2D eigenvalue weighted by molar-refractivity contribution is 14.0. The van der Waals surface area contributed by atoms with Crippen LogP contribution >= 0.6 is 24.0 Å². The summed E-state index contributed by atoms with van der Waals surface area (Å²) in [5, 5.41) is 9.45. The van der Waals surface area contributed by atoms with Crippen molar-refractivity contribution >= 4 is 41.5 Å². The van der Waals surface area contributed by atoms with Gasteiger partial charge in [-0.3, -0.25) is 9.79 Å². The van der Waals surface area contributed by atoms with E-state index in [2.05, 4.69) is 34.8 Å². The molecule has 1 atom stereocenters. The van der Waals surface area contributed by atoms with E-state index in [1.54, 1.807) is 7.05 Å². The summed E-state index contributed by atoms with van der Waals surface area (Å²) in [5.74, 6) is 0.852. The van der Waals surface area contributed by atoms with Gasteiger partial charge in [-0.2, -0.15) is 0 Å². The van der Waals surface area contributed by atoms with Crippen molar-refractivity contribution in [2.24, 2.45) is 10.9 Å². The van der Waals surface area contributed by atoms with E-state index in [1.165, 1.54) is 0 Å². The van der Waals surface area contributed by atoms with E-state index in [4.69, 9.17) is 0 Å². The number of guanidine groups is 1. The van der Waals surface area contributed by atoms with Crippen LogP contribution in [0.3, 0.4) is 0 Å². The maximum absolute atomic E-state index is 11.9. The molecule has 0 heterocycles. The van der Waals surface area contributed by atoms with E-state index in [9.17, 15) is 4.79 Å². The summed E-state index contributed by atoms with van der Waals surface area (Å²) in [4.78, 5) is 16.1. The Morgan fingerprint density at radius 1 is 1.26 bits per heavy atom. The molecule has 1 rings (SSSR count). The smallest absolute Gasteiger partial charge is 0.227 e. The maximum Gasteiger partial charge on any atom is 0.227 e. The molecule has 0 bridgehead atoms. The first-order chi connectivity index (χ1) is 10.5. The molecule has 1 unspecified atom stereocenters. The second kappa shape index (κ2) is 11.3. The maximum atomic E-state index is 11.9. The fourth-order valence-electron chi connectivity index (χ4n) is 1.86. The van der Waals surface area contributed by atoms with Crippen LogP contribution in [0.5, 0.6) is 0 Å². The lowest BCUT2D eigenvalue weighted by molar-refractivity contribution is -0.119. The zero-order valence-corrected chi connectivity index (χ0v) is 17.0. The number of benzene rings is 1. The Balaban J connectivity index is 0.00000484. The van der Waals surface area contributed by atoms with Gasteiger partial charge < -0.3 is 16.0 Å². The van der Waals surface area contributed by atoms with Crippen LogP contribution in [0.4, 0.5) is 5.69 Å². The first kappa shape index (κ1) is 21.7. The van der Waals surface area contributed by atoms with E-state index >= 15 is 0 Å². The van der Waals surface area contributed by atoms with Crippen LogP contribution in [0, 0.1) is 5.92 Å². The third kappa shape index (κ3) is 8.20. The predicted molar refractivity (Wildman–Crippen MR) is 108 cm³/mol. The third-order valence-corrected chi connectivity index (χ3v) is 3.36. The molecule has 0 aliphatic rings. The van der Waals surface area contributed by atoms with Crippen molar-refractivity contribution in [1.29, 1.82) is 0 Å². The summed E-state index contributed by atoms with van der Waals surface area (Å²) >= 11 is 0. The van der Waals surface area contributed by atoms with Crippen molar-refractivity contribution in [1.82, 2.24) is 10.6 Å². The number of nitrogens with zero attached hydrogens (tertiary/aromatic N) is 1. The molecule has 0 aliphatic carbocycles. The van der Waals surface area contributed by atoms with E-state index in [-0.39, 0.29) is 35.8 Å². The molecule has 0 radical (unpaired) electrons. The van der Waals surface area contributed by atoms with Crippen LogP contribution < -0.4 is 16.0 Å². The fraction of sp³-hybridized carbons (Fsp3) is 0.529. The van der Waals surface area contributed by atoms with Crippen molar-refractivity contribution < 1.29 is 4.79 Å². The molecule has 0 saturated heterocycles. The first-order valence-electron chi connectivity index (χ1n) is 7.83. The summed E-state index contributed by atoms with van der Waals surface area (Å²) in [6.07, 6.45) is 0.838. The highest BCUT2D eigenvalue weighted by atomic mass is 127. The van der Waals surface area contributed by atoms with Gasteiger partial charge in [0.2, 0.25) is 5.91 Å². The van der Waals surface area contributed by atoms with Gasteiger partial charge in [0.15, 0.2) is 5.96 Å². The van der Waals surface area contributed by atoms with Gasteiger partial charge in [0.05, 0.1) is 0 Å². The van der Waals surface area contributed by atoms with Crippen LogP contribution in [0.2, 0.25) is 0 Å². The van der Waals surface area contributed by atoms with Gasteiger partial charge in [-0.15, -0.1) is 24.0 Å². The molecule has 130 valence electrons. The molecule has 3 N–H and O–H groups in total. The molecule has 1 aromatic rings. The largest absolute Gasteiger partial charge is 0.354 e. The van der Waals surface area contributed by atoms with Crippen molar-refractivity contribution in [3.63, 3.8) is 0 Å². The Hall–Kier alpha value is -1.31. The lowest BCUT2D eigenvalue weighted by Crippen LogP contribution is -2.40. The Bertz CT molecular complexity index is 517. The standard InChI is InChI=1S/C17H28N4O.HI/c1-6-13(4)16(22)21-15-9-7-8-14(10-15)11-19-17(18-5)20-12(2)3;/h7-10,12-13H,6,11H2,1-5H3,(H,21,22)(H2,18,19,20);1H. The molecule has 23 heavy (non-hydrogen) atoms. The summed E-state index contributed by atoms with van der Waals surface area (Å²) in [7, 11) is 1.75. The Morgan fingerprint density at radius 2 is 1.96 bits per heavy atom. The quantitative estimate of drug-likeness (QED) is 0.367. The van der Waals surface area contributed by atoms with Crippen molar-refractivity contribution in [2.75, 3.05) is 12.4 Å². The van der Waals surface area contributed by atoms with Gasteiger partial charge in [0.1, 0.15) is 0 Å². The zero-order chi connectivity index (χ0) is 16.5. The minimum Gasteiger partial charge on any atom is -0.354 e. The van der Waals surface area contributed by atoms with E-state index in [0.717, 1.165) is 23.6 Å². The number of hydrogen-bond acceptors (Lipinski definition) is 2.